The van der Waals surface area contributed by atoms with Crippen molar-refractivity contribution in [1.82, 2.24) is 34.1 Å². The van der Waals surface area contributed by atoms with E-state index in [-0.39, 0.29) is 34.0 Å². The maximum Gasteiger partial charge on any atom is 0.472 e. The van der Waals surface area contributed by atoms with Crippen molar-refractivity contribution in [2.24, 2.45) is 0 Å². The monoisotopic (exact) mass is 709 g/mol. The number of hydrogen-bond acceptors (Lipinski definition) is 15. The lowest BCUT2D eigenvalue weighted by Gasteiger charge is -2.30. The Kier molecular flexibility index (Phi) is 7.55. The van der Waals surface area contributed by atoms with Crippen molar-refractivity contribution in [3.63, 3.8) is 0 Å². The summed E-state index contributed by atoms with van der Waals surface area (Å²) in [5.41, 5.74) is 11.1. The second kappa shape index (κ2) is 11.0. The van der Waals surface area contributed by atoms with Gasteiger partial charge >= 0.3 is 14.6 Å². The van der Waals surface area contributed by atoms with E-state index < -0.39 is 80.9 Å². The third kappa shape index (κ3) is 5.35. The van der Waals surface area contributed by atoms with Crippen LogP contribution in [0, 0.1) is 0 Å². The van der Waals surface area contributed by atoms with Crippen molar-refractivity contribution >= 4 is 72.6 Å². The standard InChI is InChI=1S/C21H23F2N9O9P2S2/c22-11-10-4-38-42(34,35)41-15-9(37-5-21(15,23)32-7-28-12-8(24)1-2-26-16(12)32)3-39-43(36,44)40-14(11)19(45-10)31-6-27-13-17(31)29-20(25)30-18(13)33/h1-2,6-7,9-11,14-15,19H,3-5H2,(H2,24,26)(H,34,35)(H,36,44)(H3,25,29,30,33)/t9-,10-,11+,14-,15-,19-,21-,43?/m1/s1. The van der Waals surface area contributed by atoms with Gasteiger partial charge in [-0.15, -0.1) is 11.8 Å². The van der Waals surface area contributed by atoms with Gasteiger partial charge in [-0.1, -0.05) is 12.2 Å². The number of halogens is 2. The zero-order valence-electron chi connectivity index (χ0n) is 22.5. The van der Waals surface area contributed by atoms with Gasteiger partial charge in [0.15, 0.2) is 22.9 Å². The molecule has 7 rings (SSSR count). The summed E-state index contributed by atoms with van der Waals surface area (Å²) < 4.78 is 88.7. The predicted octanol–water partition coefficient (Wildman–Crippen LogP) is 1.66. The number of alkyl halides is 2. The Morgan fingerprint density at radius 3 is 2.71 bits per heavy atom. The highest BCUT2D eigenvalue weighted by atomic mass is 32.7. The molecule has 4 aromatic rings. The van der Waals surface area contributed by atoms with Crippen LogP contribution in [-0.4, -0.2) is 88.5 Å². The van der Waals surface area contributed by atoms with Gasteiger partial charge in [0.2, 0.25) is 11.7 Å². The summed E-state index contributed by atoms with van der Waals surface area (Å²) in [7, 11) is -5.15. The molecule has 4 aromatic heterocycles. The van der Waals surface area contributed by atoms with Gasteiger partial charge in [0.05, 0.1) is 36.8 Å². The van der Waals surface area contributed by atoms with E-state index in [0.29, 0.717) is 0 Å². The van der Waals surface area contributed by atoms with Crippen molar-refractivity contribution < 1.29 is 45.6 Å². The zero-order valence-corrected chi connectivity index (χ0v) is 26.0. The number of nitrogens with zero attached hydrogens (tertiary/aromatic N) is 6. The van der Waals surface area contributed by atoms with Gasteiger partial charge < -0.3 is 21.1 Å². The molecule has 0 radical (unpaired) electrons. The topological polar surface area (TPSA) is 247 Å². The van der Waals surface area contributed by atoms with Crippen molar-refractivity contribution in [2.45, 2.75) is 40.9 Å². The van der Waals surface area contributed by atoms with E-state index in [2.05, 4.69) is 37.2 Å². The Morgan fingerprint density at radius 1 is 1.13 bits per heavy atom. The van der Waals surface area contributed by atoms with Crippen molar-refractivity contribution in [1.29, 1.82) is 0 Å². The number of thioether (sulfide) groups is 1. The lowest BCUT2D eigenvalue weighted by molar-refractivity contribution is -0.0462. The number of nitrogens with two attached hydrogens (primary N) is 2. The number of hydrogen-bond donors (Lipinski definition) is 5. The average Bonchev–Trinajstić information content (AvgIpc) is 3.73. The van der Waals surface area contributed by atoms with E-state index in [1.807, 2.05) is 0 Å². The maximum atomic E-state index is 16.8. The Hall–Kier alpha value is -2.65. The first-order valence-electron chi connectivity index (χ1n) is 13.0. The van der Waals surface area contributed by atoms with Crippen LogP contribution in [0.5, 0.6) is 0 Å². The first kappa shape index (κ1) is 31.0. The van der Waals surface area contributed by atoms with Crippen LogP contribution in [0.2, 0.25) is 0 Å². The highest BCUT2D eigenvalue weighted by molar-refractivity contribution is 8.44. The van der Waals surface area contributed by atoms with Crippen LogP contribution in [-0.2, 0) is 37.8 Å². The van der Waals surface area contributed by atoms with Crippen LogP contribution in [0.25, 0.3) is 22.3 Å². The van der Waals surface area contributed by atoms with Gasteiger partial charge in [-0.2, -0.15) is 4.98 Å². The first-order valence-corrected chi connectivity index (χ1v) is 18.1. The highest BCUT2D eigenvalue weighted by Crippen LogP contribution is 2.61. The third-order valence-electron chi connectivity index (χ3n) is 7.44. The molecule has 24 heteroatoms. The molecule has 242 valence electrons. The molecule has 45 heavy (non-hydrogen) atoms. The fourth-order valence-corrected chi connectivity index (χ4v) is 9.46. The van der Waals surface area contributed by atoms with Gasteiger partial charge in [-0.25, -0.2) is 32.9 Å². The summed E-state index contributed by atoms with van der Waals surface area (Å²) in [6.45, 7) is -6.71. The molecule has 0 aromatic carbocycles. The van der Waals surface area contributed by atoms with Gasteiger partial charge in [0.25, 0.3) is 5.56 Å². The number of phosphoric acid groups is 1. The molecule has 0 spiro atoms. The van der Waals surface area contributed by atoms with Crippen LogP contribution in [0.4, 0.5) is 20.4 Å². The molecule has 3 saturated heterocycles. The molecule has 0 saturated carbocycles. The van der Waals surface area contributed by atoms with Crippen LogP contribution >= 0.6 is 38.6 Å². The molecule has 2 unspecified atom stereocenters. The smallest absolute Gasteiger partial charge is 0.397 e. The molecule has 18 nitrogen and oxygen atoms in total. The Balaban J connectivity index is 1.23. The molecule has 6 N–H and O–H groups in total. The van der Waals surface area contributed by atoms with Crippen LogP contribution < -0.4 is 17.0 Å². The minimum absolute atomic E-state index is 0.0173. The maximum absolute atomic E-state index is 16.8. The Labute approximate surface area is 259 Å². The summed E-state index contributed by atoms with van der Waals surface area (Å²) in [5, 5.41) is -2.35. The van der Waals surface area contributed by atoms with Crippen LogP contribution in [0.15, 0.2) is 29.7 Å². The molecule has 3 aliphatic heterocycles. The van der Waals surface area contributed by atoms with Crippen LogP contribution in [0.3, 0.4) is 0 Å². The number of rotatable bonds is 2. The van der Waals surface area contributed by atoms with E-state index in [1.54, 1.807) is 0 Å². The summed E-state index contributed by atoms with van der Waals surface area (Å²) >= 11 is 4.84. The van der Waals surface area contributed by atoms with Gasteiger partial charge in [-0.05, 0) is 6.07 Å². The normalized spacial score (nSPS) is 37.7. The second-order valence-electron chi connectivity index (χ2n) is 10.3. The number of H-pyrrole nitrogens is 1. The minimum Gasteiger partial charge on any atom is -0.397 e. The van der Waals surface area contributed by atoms with Crippen molar-refractivity contribution in [3.8, 4) is 0 Å². The molecular formula is C21H23F2N9O9P2S2. The minimum atomic E-state index is -5.15. The van der Waals surface area contributed by atoms with E-state index in [4.69, 9.17) is 34.3 Å². The summed E-state index contributed by atoms with van der Waals surface area (Å²) in [4.78, 5) is 41.6. The number of thiol groups is 1. The summed E-state index contributed by atoms with van der Waals surface area (Å²) in [6.07, 6.45) is -3.44. The fraction of sp³-hybridized carbons (Fsp3) is 0.476. The van der Waals surface area contributed by atoms with Crippen molar-refractivity contribution in [2.75, 3.05) is 31.3 Å². The number of phosphoric ester groups is 1. The zero-order chi connectivity index (χ0) is 31.9. The van der Waals surface area contributed by atoms with Crippen molar-refractivity contribution in [3.05, 3.63) is 35.3 Å². The number of ether oxygens (including phenoxy) is 1. The number of nitrogens with one attached hydrogen (secondary N) is 1. The van der Waals surface area contributed by atoms with Gasteiger partial charge in [0, 0.05) is 6.20 Å². The number of anilines is 2. The second-order valence-corrected chi connectivity index (χ2v) is 15.9. The molecule has 0 amide bonds. The molecule has 7 heterocycles. The van der Waals surface area contributed by atoms with E-state index in [0.717, 1.165) is 22.7 Å². The Bertz CT molecular complexity index is 1970. The molecule has 9 atom stereocenters. The number of aromatic nitrogens is 7. The Morgan fingerprint density at radius 2 is 1.91 bits per heavy atom. The largest absolute Gasteiger partial charge is 0.472 e. The molecular weight excluding hydrogens is 686 g/mol. The van der Waals surface area contributed by atoms with E-state index in [9.17, 15) is 18.8 Å². The lowest BCUT2D eigenvalue weighted by atomic mass is 10.1. The number of pyridine rings is 1. The number of imidazole rings is 2. The molecule has 3 aliphatic rings. The van der Waals surface area contributed by atoms with E-state index in [1.165, 1.54) is 23.2 Å². The summed E-state index contributed by atoms with van der Waals surface area (Å²) in [5.74, 6) is -2.96. The first-order chi connectivity index (χ1) is 21.3. The third-order valence-corrected chi connectivity index (χ3v) is 11.5. The van der Waals surface area contributed by atoms with Crippen LogP contribution in [0.1, 0.15) is 5.37 Å². The predicted molar refractivity (Wildman–Crippen MR) is 157 cm³/mol. The van der Waals surface area contributed by atoms with E-state index >= 15 is 8.78 Å². The lowest BCUT2D eigenvalue weighted by Crippen LogP contribution is -2.45. The molecule has 3 fully saturated rings. The molecule has 2 bridgehead atoms. The fourth-order valence-electron chi connectivity index (χ4n) is 5.37. The summed E-state index contributed by atoms with van der Waals surface area (Å²) in [6, 6.07) is 1.46. The SMILES string of the molecule is Nc1nc2c(ncn2[C@@H]2S[C@@H]3COP(=O)(O)O[C@@H]4[C@@H](COP(=O)(S)O[C@@H]2[C@H]3F)OC[C@@]4(F)n2cnc3c(N)ccnc32)c(=O)[nH]1. The average molecular weight is 710 g/mol. The number of aromatic amines is 1. The van der Waals surface area contributed by atoms with Gasteiger partial charge in [-0.3, -0.25) is 37.0 Å². The number of nitrogen functional groups attached to an aromatic ring is 2. The quantitative estimate of drug-likeness (QED) is 0.147. The van der Waals surface area contributed by atoms with Gasteiger partial charge in [0.1, 0.15) is 35.9 Å². The molecule has 0 aliphatic carbocycles. The number of fused-ring (bicyclic) bond motifs is 5. The highest BCUT2D eigenvalue weighted by Gasteiger charge is 2.58.